The zero-order valence-electron chi connectivity index (χ0n) is 15.0. The van der Waals surface area contributed by atoms with Crippen LogP contribution in [0.25, 0.3) is 11.3 Å². The van der Waals surface area contributed by atoms with Gasteiger partial charge in [0.15, 0.2) is 5.82 Å². The molecule has 2 aromatic heterocycles. The van der Waals surface area contributed by atoms with Crippen LogP contribution in [0.4, 0.5) is 11.5 Å². The fourth-order valence-electron chi connectivity index (χ4n) is 4.18. The highest BCUT2D eigenvalue weighted by Gasteiger charge is 2.43. The van der Waals surface area contributed by atoms with Crippen LogP contribution in [0.3, 0.4) is 0 Å². The van der Waals surface area contributed by atoms with Gasteiger partial charge in [0.1, 0.15) is 0 Å². The normalized spacial score (nSPS) is 20.0. The summed E-state index contributed by atoms with van der Waals surface area (Å²) in [5.41, 5.74) is 3.63. The molecular formula is C21H18ClN5O. The van der Waals surface area contributed by atoms with Gasteiger partial charge in [0.05, 0.1) is 23.0 Å². The van der Waals surface area contributed by atoms with Crippen LogP contribution in [0.2, 0.25) is 5.02 Å². The fraction of sp³-hybridized carbons (Fsp3) is 0.238. The van der Waals surface area contributed by atoms with Gasteiger partial charge in [0, 0.05) is 29.9 Å². The molecule has 0 radical (unpaired) electrons. The zero-order chi connectivity index (χ0) is 19.1. The highest BCUT2D eigenvalue weighted by Crippen LogP contribution is 2.44. The van der Waals surface area contributed by atoms with Crippen LogP contribution in [0.5, 0.6) is 0 Å². The van der Waals surface area contributed by atoms with Gasteiger partial charge in [0.25, 0.3) is 0 Å². The number of rotatable bonds is 3. The number of carbonyl (C=O) groups excluding carboxylic acids is 1. The van der Waals surface area contributed by atoms with Crippen LogP contribution in [-0.4, -0.2) is 34.2 Å². The average Bonchev–Trinajstić information content (AvgIpc) is 3.13. The molecule has 2 bridgehead atoms. The number of benzene rings is 1. The first-order valence-electron chi connectivity index (χ1n) is 9.29. The summed E-state index contributed by atoms with van der Waals surface area (Å²) >= 11 is 6.15. The Bertz CT molecular complexity index is 1040. The van der Waals surface area contributed by atoms with Crippen molar-refractivity contribution in [1.29, 1.82) is 0 Å². The molecule has 1 N–H and O–H groups in total. The van der Waals surface area contributed by atoms with Crippen LogP contribution in [-0.2, 0) is 4.79 Å². The summed E-state index contributed by atoms with van der Waals surface area (Å²) in [5, 5.41) is 11.4. The van der Waals surface area contributed by atoms with E-state index in [1.807, 2.05) is 30.3 Å². The topological polar surface area (TPSA) is 71.0 Å². The molecule has 1 aromatic carbocycles. The molecule has 6 nitrogen and oxygen atoms in total. The van der Waals surface area contributed by atoms with E-state index >= 15 is 0 Å². The van der Waals surface area contributed by atoms with Crippen LogP contribution in [0.15, 0.2) is 54.7 Å². The molecule has 5 rings (SSSR count). The first-order valence-corrected chi connectivity index (χ1v) is 9.67. The molecule has 1 fully saturated rings. The van der Waals surface area contributed by atoms with E-state index < -0.39 is 0 Å². The molecule has 0 aliphatic carbocycles. The largest absolute Gasteiger partial charge is 0.370 e. The Morgan fingerprint density at radius 2 is 2.11 bits per heavy atom. The van der Waals surface area contributed by atoms with Gasteiger partial charge in [0.2, 0.25) is 5.91 Å². The number of pyridine rings is 1. The van der Waals surface area contributed by atoms with Gasteiger partial charge in [-0.2, -0.15) is 5.10 Å². The highest BCUT2D eigenvalue weighted by molar-refractivity contribution is 6.30. The number of hydrogen-bond donors (Lipinski definition) is 1. The van der Waals surface area contributed by atoms with Crippen LogP contribution >= 0.6 is 11.6 Å². The third kappa shape index (κ3) is 2.99. The Labute approximate surface area is 167 Å². The quantitative estimate of drug-likeness (QED) is 0.736. The minimum absolute atomic E-state index is 0.0796. The molecule has 1 unspecified atom stereocenters. The molecular weight excluding hydrogens is 374 g/mol. The summed E-state index contributed by atoms with van der Waals surface area (Å²) in [7, 11) is 0. The van der Waals surface area contributed by atoms with Crippen molar-refractivity contribution in [3.8, 4) is 11.3 Å². The number of fused-ring (bicyclic) bond motifs is 4. The molecule has 1 saturated heterocycles. The van der Waals surface area contributed by atoms with Crippen molar-refractivity contribution in [3.63, 3.8) is 0 Å². The van der Waals surface area contributed by atoms with E-state index in [1.54, 1.807) is 18.3 Å². The highest BCUT2D eigenvalue weighted by atomic mass is 35.5. The van der Waals surface area contributed by atoms with Crippen molar-refractivity contribution in [2.24, 2.45) is 5.92 Å². The lowest BCUT2D eigenvalue weighted by Crippen LogP contribution is -2.36. The summed E-state index contributed by atoms with van der Waals surface area (Å²) < 4.78 is 0. The molecule has 7 heteroatoms. The lowest BCUT2D eigenvalue weighted by atomic mass is 9.84. The van der Waals surface area contributed by atoms with Crippen LogP contribution in [0.1, 0.15) is 18.0 Å². The van der Waals surface area contributed by atoms with Gasteiger partial charge in [-0.1, -0.05) is 23.7 Å². The SMILES string of the molecule is O=C(Nc1cccnn1)C1c2nc(-c3cccc(Cl)c3)ccc2N2CC[C@H]1C2. The first-order chi connectivity index (χ1) is 13.7. The van der Waals surface area contributed by atoms with E-state index in [-0.39, 0.29) is 17.7 Å². The second-order valence-electron chi connectivity index (χ2n) is 7.18. The van der Waals surface area contributed by atoms with Crippen LogP contribution in [0, 0.1) is 5.92 Å². The van der Waals surface area contributed by atoms with Crippen molar-refractivity contribution in [3.05, 3.63) is 65.4 Å². The predicted octanol–water partition coefficient (Wildman–Crippen LogP) is 3.75. The predicted molar refractivity (Wildman–Crippen MR) is 108 cm³/mol. The third-order valence-corrected chi connectivity index (χ3v) is 5.70. The van der Waals surface area contributed by atoms with Gasteiger partial charge in [-0.25, -0.2) is 4.98 Å². The monoisotopic (exact) mass is 391 g/mol. The summed E-state index contributed by atoms with van der Waals surface area (Å²) in [6.45, 7) is 1.83. The number of carbonyl (C=O) groups is 1. The summed E-state index contributed by atoms with van der Waals surface area (Å²) in [6.07, 6.45) is 2.56. The molecule has 1 amide bonds. The summed E-state index contributed by atoms with van der Waals surface area (Å²) in [6, 6.07) is 15.2. The van der Waals surface area contributed by atoms with Crippen molar-refractivity contribution >= 4 is 29.0 Å². The molecule has 2 atom stereocenters. The summed E-state index contributed by atoms with van der Waals surface area (Å²) in [4.78, 5) is 20.4. The fourth-order valence-corrected chi connectivity index (χ4v) is 4.37. The maximum atomic E-state index is 13.2. The Balaban J connectivity index is 1.54. The van der Waals surface area contributed by atoms with Gasteiger partial charge in [-0.15, -0.1) is 5.10 Å². The standard InChI is InChI=1S/C21H18ClN5O/c22-15-4-1-3-13(11-15)16-6-7-17-20(24-16)19(14-8-10-27(17)12-14)21(28)25-18-5-2-9-23-26-18/h1-7,9,11,14,19H,8,10,12H2,(H,25,26,28)/t14-,19?/m0/s1. The molecule has 3 aromatic rings. The molecule has 0 saturated carbocycles. The Morgan fingerprint density at radius 3 is 2.93 bits per heavy atom. The number of aromatic nitrogens is 3. The number of amides is 1. The molecule has 140 valence electrons. The lowest BCUT2D eigenvalue weighted by molar-refractivity contribution is -0.118. The minimum atomic E-state index is -0.310. The zero-order valence-corrected chi connectivity index (χ0v) is 15.8. The maximum Gasteiger partial charge on any atom is 0.235 e. The second kappa shape index (κ2) is 6.87. The molecule has 28 heavy (non-hydrogen) atoms. The Morgan fingerprint density at radius 1 is 1.18 bits per heavy atom. The maximum absolute atomic E-state index is 13.2. The van der Waals surface area contributed by atoms with Crippen LogP contribution < -0.4 is 10.2 Å². The average molecular weight is 392 g/mol. The minimum Gasteiger partial charge on any atom is -0.370 e. The molecule has 4 heterocycles. The number of hydrogen-bond acceptors (Lipinski definition) is 5. The summed E-state index contributed by atoms with van der Waals surface area (Å²) in [5.74, 6) is 0.311. The number of halogens is 1. The number of nitrogens with one attached hydrogen (secondary N) is 1. The second-order valence-corrected chi connectivity index (χ2v) is 7.62. The van der Waals surface area contributed by atoms with Gasteiger partial charge >= 0.3 is 0 Å². The lowest BCUT2D eigenvalue weighted by Gasteiger charge is -2.32. The van der Waals surface area contributed by atoms with E-state index in [1.165, 1.54) is 0 Å². The number of nitrogens with zero attached hydrogens (tertiary/aromatic N) is 4. The van der Waals surface area contributed by atoms with E-state index in [4.69, 9.17) is 16.6 Å². The number of anilines is 2. The first kappa shape index (κ1) is 17.1. The van der Waals surface area contributed by atoms with Gasteiger partial charge in [-0.05, 0) is 48.7 Å². The van der Waals surface area contributed by atoms with E-state index in [0.717, 1.165) is 42.1 Å². The Kier molecular flexibility index (Phi) is 4.20. The van der Waals surface area contributed by atoms with E-state index in [2.05, 4.69) is 26.5 Å². The molecule has 2 aliphatic heterocycles. The third-order valence-electron chi connectivity index (χ3n) is 5.46. The molecule has 0 spiro atoms. The molecule has 2 aliphatic rings. The van der Waals surface area contributed by atoms with Crippen molar-refractivity contribution in [2.45, 2.75) is 12.3 Å². The smallest absolute Gasteiger partial charge is 0.235 e. The van der Waals surface area contributed by atoms with Crippen molar-refractivity contribution in [2.75, 3.05) is 23.3 Å². The van der Waals surface area contributed by atoms with E-state index in [0.29, 0.717) is 10.8 Å². The van der Waals surface area contributed by atoms with Crippen molar-refractivity contribution in [1.82, 2.24) is 15.2 Å². The van der Waals surface area contributed by atoms with Crippen molar-refractivity contribution < 1.29 is 4.79 Å². The van der Waals surface area contributed by atoms with Gasteiger partial charge < -0.3 is 10.2 Å². The van der Waals surface area contributed by atoms with E-state index in [9.17, 15) is 4.79 Å². The van der Waals surface area contributed by atoms with Gasteiger partial charge in [-0.3, -0.25) is 4.79 Å². The Hall–Kier alpha value is -2.99.